The Morgan fingerprint density at radius 1 is 1.08 bits per heavy atom. The van der Waals surface area contributed by atoms with Crippen LogP contribution in [-0.2, 0) is 0 Å². The number of fused-ring (bicyclic) bond motifs is 1. The van der Waals surface area contributed by atoms with E-state index in [1.165, 1.54) is 6.33 Å². The van der Waals surface area contributed by atoms with E-state index in [1.54, 1.807) is 20.3 Å². The summed E-state index contributed by atoms with van der Waals surface area (Å²) in [6.45, 7) is 0. The second-order valence-corrected chi connectivity index (χ2v) is 8.23. The summed E-state index contributed by atoms with van der Waals surface area (Å²) in [5.41, 5.74) is 1.57. The van der Waals surface area contributed by atoms with Crippen molar-refractivity contribution in [3.8, 4) is 11.5 Å². The summed E-state index contributed by atoms with van der Waals surface area (Å²) < 4.78 is 10.7. The smallest absolute Gasteiger partial charge is 0.162 e. The van der Waals surface area contributed by atoms with Crippen LogP contribution in [0.4, 0.5) is 11.5 Å². The standard InChI is InChI=1S/C17H19N3O4P2/c1-23-15-7-13-14(8-16(15)24-2)18-9-19-17(13)20-11-3-5-12(6-4-11)26(22)10-25-21/h3-9,21-22,25H,10H2,1-2H3,(H,18,19,20). The lowest BCUT2D eigenvalue weighted by Gasteiger charge is -2.13. The number of methoxy groups -OCH3 is 2. The average molecular weight is 391 g/mol. The number of hydrogen-bond donors (Lipinski definition) is 3. The maximum absolute atomic E-state index is 9.99. The Bertz CT molecular complexity index is 893. The van der Waals surface area contributed by atoms with Crippen molar-refractivity contribution < 1.29 is 19.3 Å². The van der Waals surface area contributed by atoms with Gasteiger partial charge in [0.25, 0.3) is 0 Å². The Morgan fingerprint density at radius 2 is 1.77 bits per heavy atom. The Kier molecular flexibility index (Phi) is 6.17. The average Bonchev–Trinajstić information content (AvgIpc) is 2.68. The van der Waals surface area contributed by atoms with Crippen molar-refractivity contribution in [2.24, 2.45) is 0 Å². The summed E-state index contributed by atoms with van der Waals surface area (Å²) in [4.78, 5) is 27.6. The highest BCUT2D eigenvalue weighted by Gasteiger charge is 2.12. The molecular weight excluding hydrogens is 372 g/mol. The molecule has 1 aromatic heterocycles. The molecule has 2 atom stereocenters. The Morgan fingerprint density at radius 3 is 2.42 bits per heavy atom. The topological polar surface area (TPSA) is 96.7 Å². The second-order valence-electron chi connectivity index (χ2n) is 5.33. The fraction of sp³-hybridized carbons (Fsp3) is 0.176. The Labute approximate surface area is 154 Å². The molecule has 3 aromatic rings. The largest absolute Gasteiger partial charge is 0.493 e. The zero-order valence-corrected chi connectivity index (χ0v) is 16.2. The van der Waals surface area contributed by atoms with Crippen LogP contribution in [0.15, 0.2) is 42.7 Å². The van der Waals surface area contributed by atoms with E-state index in [1.807, 2.05) is 30.3 Å². The third-order valence-electron chi connectivity index (χ3n) is 3.79. The first kappa shape index (κ1) is 18.7. The van der Waals surface area contributed by atoms with Crippen molar-refractivity contribution in [2.75, 3.05) is 25.4 Å². The molecular formula is C17H19N3O4P2. The van der Waals surface area contributed by atoms with Crippen LogP contribution in [0.1, 0.15) is 0 Å². The Balaban J connectivity index is 1.91. The number of nitrogens with one attached hydrogen (secondary N) is 1. The lowest BCUT2D eigenvalue weighted by atomic mass is 10.2. The molecule has 1 heterocycles. The first-order valence-electron chi connectivity index (χ1n) is 7.73. The van der Waals surface area contributed by atoms with E-state index in [2.05, 4.69) is 15.3 Å². The number of ether oxygens (including phenoxy) is 2. The molecule has 0 aliphatic heterocycles. The van der Waals surface area contributed by atoms with Gasteiger partial charge in [-0.15, -0.1) is 0 Å². The van der Waals surface area contributed by atoms with Crippen LogP contribution >= 0.6 is 17.0 Å². The van der Waals surface area contributed by atoms with E-state index >= 15 is 0 Å². The number of benzene rings is 2. The number of anilines is 2. The van der Waals surface area contributed by atoms with Gasteiger partial charge in [-0.3, -0.25) is 0 Å². The first-order chi connectivity index (χ1) is 12.7. The zero-order chi connectivity index (χ0) is 18.5. The molecule has 0 bridgehead atoms. The van der Waals surface area contributed by atoms with Gasteiger partial charge in [0.1, 0.15) is 12.1 Å². The highest BCUT2D eigenvalue weighted by atomic mass is 31.2. The molecule has 7 nitrogen and oxygen atoms in total. The highest BCUT2D eigenvalue weighted by Crippen LogP contribution is 2.36. The van der Waals surface area contributed by atoms with E-state index in [-0.39, 0.29) is 8.81 Å². The number of aromatic nitrogens is 2. The minimum atomic E-state index is -1.31. The van der Waals surface area contributed by atoms with E-state index in [0.29, 0.717) is 23.2 Å². The van der Waals surface area contributed by atoms with Crippen molar-refractivity contribution in [1.29, 1.82) is 0 Å². The molecule has 0 aliphatic rings. The van der Waals surface area contributed by atoms with Gasteiger partial charge in [-0.2, -0.15) is 0 Å². The van der Waals surface area contributed by atoms with Crippen LogP contribution in [-0.4, -0.2) is 39.9 Å². The van der Waals surface area contributed by atoms with Gasteiger partial charge in [0.2, 0.25) is 0 Å². The van der Waals surface area contributed by atoms with E-state index < -0.39 is 8.15 Å². The van der Waals surface area contributed by atoms with Crippen LogP contribution in [0.25, 0.3) is 10.9 Å². The highest BCUT2D eigenvalue weighted by molar-refractivity contribution is 7.68. The molecule has 0 radical (unpaired) electrons. The van der Waals surface area contributed by atoms with Crippen LogP contribution in [0.5, 0.6) is 11.5 Å². The molecule has 26 heavy (non-hydrogen) atoms. The maximum atomic E-state index is 9.99. The van der Waals surface area contributed by atoms with Gasteiger partial charge in [-0.1, -0.05) is 12.1 Å². The summed E-state index contributed by atoms with van der Waals surface area (Å²) in [7, 11) is 1.60. The van der Waals surface area contributed by atoms with E-state index in [9.17, 15) is 4.89 Å². The molecule has 0 spiro atoms. The first-order valence-corrected chi connectivity index (χ1v) is 10.4. The lowest BCUT2D eigenvalue weighted by molar-refractivity contribution is 0.356. The van der Waals surface area contributed by atoms with Crippen LogP contribution < -0.4 is 20.1 Å². The van der Waals surface area contributed by atoms with Crippen molar-refractivity contribution in [3.63, 3.8) is 0 Å². The SMILES string of the molecule is COc1cc2ncnc(Nc3ccc(P(O)CPO)cc3)c2cc1OC. The van der Waals surface area contributed by atoms with Crippen molar-refractivity contribution in [3.05, 3.63) is 42.7 Å². The summed E-state index contributed by atoms with van der Waals surface area (Å²) in [6.07, 6.45) is 1.49. The van der Waals surface area contributed by atoms with Gasteiger partial charge >= 0.3 is 0 Å². The van der Waals surface area contributed by atoms with Gasteiger partial charge in [0.05, 0.1) is 27.9 Å². The quantitative estimate of drug-likeness (QED) is 0.533. The predicted molar refractivity (Wildman–Crippen MR) is 107 cm³/mol. The Hall–Kier alpha value is -2.04. The molecule has 136 valence electrons. The molecule has 0 aliphatic carbocycles. The van der Waals surface area contributed by atoms with Gasteiger partial charge in [-0.05, 0) is 18.2 Å². The van der Waals surface area contributed by atoms with E-state index in [0.717, 1.165) is 21.9 Å². The molecule has 2 unspecified atom stereocenters. The van der Waals surface area contributed by atoms with Crippen molar-refractivity contribution in [2.45, 2.75) is 0 Å². The molecule has 0 saturated carbocycles. The van der Waals surface area contributed by atoms with Crippen molar-refractivity contribution in [1.82, 2.24) is 9.97 Å². The van der Waals surface area contributed by atoms with Crippen molar-refractivity contribution >= 4 is 44.7 Å². The summed E-state index contributed by atoms with van der Waals surface area (Å²) >= 11 is 0. The maximum Gasteiger partial charge on any atom is 0.162 e. The molecule has 0 amide bonds. The minimum absolute atomic E-state index is 0.251. The molecule has 9 heteroatoms. The minimum Gasteiger partial charge on any atom is -0.493 e. The normalized spacial score (nSPS) is 12.5. The van der Waals surface area contributed by atoms with Gasteiger partial charge in [-0.25, -0.2) is 9.97 Å². The fourth-order valence-corrected chi connectivity index (χ4v) is 4.25. The van der Waals surface area contributed by atoms with Gasteiger partial charge in [0.15, 0.2) is 11.5 Å². The molecule has 0 fully saturated rings. The molecule has 3 rings (SSSR count). The zero-order valence-electron chi connectivity index (χ0n) is 14.3. The molecule has 2 aromatic carbocycles. The lowest BCUT2D eigenvalue weighted by Crippen LogP contribution is -2.02. The van der Waals surface area contributed by atoms with E-state index in [4.69, 9.17) is 14.4 Å². The summed E-state index contributed by atoms with van der Waals surface area (Å²) in [6, 6.07) is 11.1. The summed E-state index contributed by atoms with van der Waals surface area (Å²) in [5, 5.41) is 4.89. The monoisotopic (exact) mass is 391 g/mol. The van der Waals surface area contributed by atoms with Crippen LogP contribution in [0.2, 0.25) is 0 Å². The molecule has 3 N–H and O–H groups in total. The van der Waals surface area contributed by atoms with Crippen LogP contribution in [0.3, 0.4) is 0 Å². The summed E-state index contributed by atoms with van der Waals surface area (Å²) in [5.74, 6) is 2.26. The number of hydrogen-bond acceptors (Lipinski definition) is 7. The molecule has 0 saturated heterocycles. The fourth-order valence-electron chi connectivity index (χ4n) is 2.49. The van der Waals surface area contributed by atoms with Gasteiger partial charge in [0, 0.05) is 37.2 Å². The van der Waals surface area contributed by atoms with Crippen LogP contribution in [0, 0.1) is 0 Å². The third kappa shape index (κ3) is 4.02. The number of rotatable bonds is 7. The third-order valence-corrected chi connectivity index (χ3v) is 6.45. The second kappa shape index (κ2) is 8.56. The van der Waals surface area contributed by atoms with Gasteiger partial charge < -0.3 is 24.6 Å². The predicted octanol–water partition coefficient (Wildman–Crippen LogP) is 2.95. The number of nitrogens with zero attached hydrogens (tertiary/aromatic N) is 2.